The van der Waals surface area contributed by atoms with Gasteiger partial charge in [-0.2, -0.15) is 5.10 Å². The Labute approximate surface area is 128 Å². The monoisotopic (exact) mass is 307 g/mol. The van der Waals surface area contributed by atoms with E-state index in [0.29, 0.717) is 19.0 Å². The van der Waals surface area contributed by atoms with Gasteiger partial charge in [0.25, 0.3) is 0 Å². The summed E-state index contributed by atoms with van der Waals surface area (Å²) < 4.78 is 1.90. The van der Waals surface area contributed by atoms with Crippen molar-refractivity contribution in [3.8, 4) is 0 Å². The molecule has 1 amide bonds. The quantitative estimate of drug-likeness (QED) is 0.833. The molecular formula is C14H21N5OS. The minimum absolute atomic E-state index is 0.0795. The molecule has 0 aliphatic rings. The van der Waals surface area contributed by atoms with E-state index in [-0.39, 0.29) is 5.91 Å². The zero-order valence-corrected chi connectivity index (χ0v) is 13.4. The van der Waals surface area contributed by atoms with E-state index >= 15 is 0 Å². The van der Waals surface area contributed by atoms with Crippen molar-refractivity contribution in [2.75, 3.05) is 14.1 Å². The highest BCUT2D eigenvalue weighted by atomic mass is 32.1. The van der Waals surface area contributed by atoms with E-state index in [1.54, 1.807) is 25.2 Å². The Kier molecular flexibility index (Phi) is 5.46. The van der Waals surface area contributed by atoms with E-state index in [0.717, 1.165) is 17.2 Å². The maximum absolute atomic E-state index is 11.6. The molecule has 0 bridgehead atoms. The third-order valence-electron chi connectivity index (χ3n) is 3.05. The lowest BCUT2D eigenvalue weighted by Gasteiger charge is -2.12. The fourth-order valence-corrected chi connectivity index (χ4v) is 2.62. The van der Waals surface area contributed by atoms with Crippen LogP contribution in [0.3, 0.4) is 0 Å². The van der Waals surface area contributed by atoms with Gasteiger partial charge in [0.2, 0.25) is 5.91 Å². The number of carbonyl (C=O) groups is 1. The van der Waals surface area contributed by atoms with Crippen LogP contribution in [0.1, 0.15) is 17.6 Å². The van der Waals surface area contributed by atoms with Crippen molar-refractivity contribution in [1.82, 2.24) is 25.0 Å². The molecule has 0 unspecified atom stereocenters. The normalized spacial score (nSPS) is 12.3. The fraction of sp³-hybridized carbons (Fsp3) is 0.500. The zero-order valence-electron chi connectivity index (χ0n) is 12.6. The molecule has 0 aromatic carbocycles. The van der Waals surface area contributed by atoms with Gasteiger partial charge in [-0.3, -0.25) is 9.48 Å². The number of nitrogens with one attached hydrogen (secondary N) is 1. The van der Waals surface area contributed by atoms with E-state index in [1.807, 2.05) is 22.3 Å². The predicted octanol–water partition coefficient (Wildman–Crippen LogP) is 1.15. The summed E-state index contributed by atoms with van der Waals surface area (Å²) in [7, 11) is 3.52. The molecule has 0 saturated heterocycles. The molecule has 0 radical (unpaired) electrons. The first kappa shape index (κ1) is 15.7. The first-order chi connectivity index (χ1) is 10.0. The Hall–Kier alpha value is -1.73. The highest BCUT2D eigenvalue weighted by molar-refractivity contribution is 7.09. The minimum atomic E-state index is 0.0795. The van der Waals surface area contributed by atoms with Crippen molar-refractivity contribution < 1.29 is 4.79 Å². The standard InChI is InChI=1S/C14H21N5OS/c1-11(9-19-6-4-5-16-19)15-8-12-10-21-13(17-12)7-14(20)18(2)3/h4-6,10-11,15H,7-9H2,1-3H3/t11-/m1/s1. The zero-order chi connectivity index (χ0) is 15.2. The van der Waals surface area contributed by atoms with Gasteiger partial charge >= 0.3 is 0 Å². The van der Waals surface area contributed by atoms with Crippen molar-refractivity contribution >= 4 is 17.2 Å². The lowest BCUT2D eigenvalue weighted by atomic mass is 10.3. The molecule has 21 heavy (non-hydrogen) atoms. The second-order valence-corrected chi connectivity index (χ2v) is 6.15. The van der Waals surface area contributed by atoms with Crippen LogP contribution < -0.4 is 5.32 Å². The maximum atomic E-state index is 11.6. The summed E-state index contributed by atoms with van der Waals surface area (Å²) in [5.41, 5.74) is 0.980. The van der Waals surface area contributed by atoms with E-state index < -0.39 is 0 Å². The number of nitrogens with zero attached hydrogens (tertiary/aromatic N) is 4. The van der Waals surface area contributed by atoms with Crippen LogP contribution in [-0.2, 0) is 24.3 Å². The summed E-state index contributed by atoms with van der Waals surface area (Å²) in [6.07, 6.45) is 4.10. The largest absolute Gasteiger partial charge is 0.348 e. The number of carbonyl (C=O) groups excluding carboxylic acids is 1. The summed E-state index contributed by atoms with van der Waals surface area (Å²) in [4.78, 5) is 17.7. The van der Waals surface area contributed by atoms with Crippen LogP contribution in [0.15, 0.2) is 23.8 Å². The molecule has 0 aliphatic heterocycles. The SMILES string of the molecule is C[C@H](Cn1cccn1)NCc1csc(CC(=O)N(C)C)n1. The van der Waals surface area contributed by atoms with Gasteiger partial charge in [-0.25, -0.2) is 4.98 Å². The van der Waals surface area contributed by atoms with Gasteiger partial charge in [-0.1, -0.05) is 0 Å². The van der Waals surface area contributed by atoms with Gasteiger partial charge in [0.05, 0.1) is 18.7 Å². The summed E-state index contributed by atoms with van der Waals surface area (Å²) in [5, 5.41) is 10.5. The van der Waals surface area contributed by atoms with Crippen molar-refractivity contribution in [2.24, 2.45) is 0 Å². The Morgan fingerprint density at radius 1 is 1.52 bits per heavy atom. The lowest BCUT2D eigenvalue weighted by Crippen LogP contribution is -2.30. The Morgan fingerprint density at radius 3 is 3.00 bits per heavy atom. The number of hydrogen-bond acceptors (Lipinski definition) is 5. The van der Waals surface area contributed by atoms with Crippen molar-refractivity contribution in [1.29, 1.82) is 0 Å². The van der Waals surface area contributed by atoms with Crippen LogP contribution >= 0.6 is 11.3 Å². The molecule has 2 aromatic heterocycles. The molecule has 0 spiro atoms. The number of hydrogen-bond donors (Lipinski definition) is 1. The highest BCUT2D eigenvalue weighted by Crippen LogP contribution is 2.11. The molecule has 2 rings (SSSR count). The van der Waals surface area contributed by atoms with Gasteiger partial charge in [-0.05, 0) is 13.0 Å². The Bertz CT molecular complexity index is 564. The number of rotatable bonds is 7. The first-order valence-electron chi connectivity index (χ1n) is 6.89. The second kappa shape index (κ2) is 7.33. The molecule has 2 heterocycles. The predicted molar refractivity (Wildman–Crippen MR) is 83.0 cm³/mol. The van der Waals surface area contributed by atoms with Crippen LogP contribution in [0.25, 0.3) is 0 Å². The number of likely N-dealkylation sites (N-methyl/N-ethyl adjacent to an activating group) is 1. The minimum Gasteiger partial charge on any atom is -0.348 e. The van der Waals surface area contributed by atoms with Gasteiger partial charge in [0.15, 0.2) is 0 Å². The van der Waals surface area contributed by atoms with Crippen molar-refractivity contribution in [3.05, 3.63) is 34.5 Å². The number of thiazole rings is 1. The van der Waals surface area contributed by atoms with Crippen LogP contribution in [0.5, 0.6) is 0 Å². The summed E-state index contributed by atoms with van der Waals surface area (Å²) >= 11 is 1.54. The molecule has 1 atom stereocenters. The summed E-state index contributed by atoms with van der Waals surface area (Å²) in [5.74, 6) is 0.0795. The molecule has 0 saturated carbocycles. The van der Waals surface area contributed by atoms with Gasteiger partial charge in [0.1, 0.15) is 5.01 Å². The van der Waals surface area contributed by atoms with Gasteiger partial charge in [0, 0.05) is 44.5 Å². The molecule has 1 N–H and O–H groups in total. The Morgan fingerprint density at radius 2 is 2.33 bits per heavy atom. The van der Waals surface area contributed by atoms with Crippen LogP contribution in [0.4, 0.5) is 0 Å². The number of aromatic nitrogens is 3. The van der Waals surface area contributed by atoms with E-state index in [9.17, 15) is 4.79 Å². The third-order valence-corrected chi connectivity index (χ3v) is 3.95. The van der Waals surface area contributed by atoms with E-state index in [1.165, 1.54) is 11.3 Å². The average molecular weight is 307 g/mol. The Balaban J connectivity index is 1.78. The fourth-order valence-electron chi connectivity index (χ4n) is 1.83. The average Bonchev–Trinajstić information content (AvgIpc) is 3.08. The van der Waals surface area contributed by atoms with Crippen molar-refractivity contribution in [3.63, 3.8) is 0 Å². The van der Waals surface area contributed by atoms with E-state index in [4.69, 9.17) is 0 Å². The topological polar surface area (TPSA) is 63.1 Å². The summed E-state index contributed by atoms with van der Waals surface area (Å²) in [6, 6.07) is 2.22. The van der Waals surface area contributed by atoms with Crippen LogP contribution in [-0.4, -0.2) is 45.7 Å². The lowest BCUT2D eigenvalue weighted by molar-refractivity contribution is -0.127. The highest BCUT2D eigenvalue weighted by Gasteiger charge is 2.10. The van der Waals surface area contributed by atoms with E-state index in [2.05, 4.69) is 22.3 Å². The third kappa shape index (κ3) is 4.95. The van der Waals surface area contributed by atoms with Crippen molar-refractivity contribution in [2.45, 2.75) is 32.5 Å². The van der Waals surface area contributed by atoms with Crippen LogP contribution in [0.2, 0.25) is 0 Å². The molecule has 0 aliphatic carbocycles. The molecular weight excluding hydrogens is 286 g/mol. The number of amides is 1. The molecule has 6 nitrogen and oxygen atoms in total. The maximum Gasteiger partial charge on any atom is 0.228 e. The van der Waals surface area contributed by atoms with Crippen LogP contribution in [0, 0.1) is 0 Å². The van der Waals surface area contributed by atoms with Gasteiger partial charge in [-0.15, -0.1) is 11.3 Å². The molecule has 114 valence electrons. The first-order valence-corrected chi connectivity index (χ1v) is 7.77. The summed E-state index contributed by atoms with van der Waals surface area (Å²) in [6.45, 7) is 3.64. The van der Waals surface area contributed by atoms with Gasteiger partial charge < -0.3 is 10.2 Å². The second-order valence-electron chi connectivity index (χ2n) is 5.21. The molecule has 0 fully saturated rings. The molecule has 2 aromatic rings. The smallest absolute Gasteiger partial charge is 0.228 e. The molecule has 7 heteroatoms.